The molecule has 0 aliphatic rings. The number of carbonyl (C=O) groups is 1. The maximum Gasteiger partial charge on any atom is 0.331 e. The highest BCUT2D eigenvalue weighted by Crippen LogP contribution is 2.24. The molecule has 0 saturated heterocycles. The van der Waals surface area contributed by atoms with Crippen molar-refractivity contribution in [3.8, 4) is 0 Å². The first-order valence-corrected chi connectivity index (χ1v) is 6.71. The number of methoxy groups -OCH3 is 1. The van der Waals surface area contributed by atoms with Crippen molar-refractivity contribution in [3.05, 3.63) is 22.3 Å². The Morgan fingerprint density at radius 2 is 2.28 bits per heavy atom. The van der Waals surface area contributed by atoms with Gasteiger partial charge in [-0.05, 0) is 47.8 Å². The third-order valence-corrected chi connectivity index (χ3v) is 3.26. The zero-order valence-corrected chi connectivity index (χ0v) is 12.8. The van der Waals surface area contributed by atoms with Crippen LogP contribution in [0, 0.1) is 6.92 Å². The zero-order valence-electron chi connectivity index (χ0n) is 11.2. The quantitative estimate of drug-likeness (QED) is 0.847. The molecule has 0 amide bonds. The molecule has 100 valence electrons. The van der Waals surface area contributed by atoms with Crippen LogP contribution < -0.4 is 5.32 Å². The van der Waals surface area contributed by atoms with E-state index in [0.29, 0.717) is 12.2 Å². The SMILES string of the molecule is CCCC(C)(Nc1ncc(Br)cc1C)C(=O)OC. The molecule has 0 radical (unpaired) electrons. The predicted octanol–water partition coefficient (Wildman–Crippen LogP) is 3.30. The summed E-state index contributed by atoms with van der Waals surface area (Å²) in [5.41, 5.74) is 0.241. The second-order valence-electron chi connectivity index (χ2n) is 4.52. The van der Waals surface area contributed by atoms with Crippen LogP contribution in [0.1, 0.15) is 32.3 Å². The van der Waals surface area contributed by atoms with Gasteiger partial charge in [0.2, 0.25) is 0 Å². The van der Waals surface area contributed by atoms with Gasteiger partial charge in [0.1, 0.15) is 11.4 Å². The Morgan fingerprint density at radius 3 is 2.78 bits per heavy atom. The second-order valence-corrected chi connectivity index (χ2v) is 5.43. The molecule has 0 aromatic carbocycles. The van der Waals surface area contributed by atoms with E-state index in [2.05, 4.69) is 26.2 Å². The van der Waals surface area contributed by atoms with Crippen LogP contribution in [0.15, 0.2) is 16.7 Å². The summed E-state index contributed by atoms with van der Waals surface area (Å²) in [5.74, 6) is 0.438. The monoisotopic (exact) mass is 314 g/mol. The van der Waals surface area contributed by atoms with Gasteiger partial charge in [-0.2, -0.15) is 0 Å². The number of carbonyl (C=O) groups excluding carboxylic acids is 1. The van der Waals surface area contributed by atoms with Crippen molar-refractivity contribution in [1.29, 1.82) is 0 Å². The standard InChI is InChI=1S/C13H19BrN2O2/c1-5-6-13(3,12(17)18-4)16-11-9(2)7-10(14)8-15-11/h7-8H,5-6H2,1-4H3,(H,15,16). The van der Waals surface area contributed by atoms with Crippen LogP contribution in [0.25, 0.3) is 0 Å². The van der Waals surface area contributed by atoms with Crippen LogP contribution in [0.5, 0.6) is 0 Å². The van der Waals surface area contributed by atoms with Gasteiger partial charge in [0.15, 0.2) is 0 Å². The first-order valence-electron chi connectivity index (χ1n) is 5.91. The number of ether oxygens (including phenoxy) is 1. The lowest BCUT2D eigenvalue weighted by Crippen LogP contribution is -2.44. The molecule has 0 saturated carbocycles. The number of nitrogens with one attached hydrogen (secondary N) is 1. The van der Waals surface area contributed by atoms with Crippen LogP contribution in [0.3, 0.4) is 0 Å². The second kappa shape index (κ2) is 6.18. The van der Waals surface area contributed by atoms with Gasteiger partial charge in [0.25, 0.3) is 0 Å². The fourth-order valence-electron chi connectivity index (χ4n) is 1.87. The molecule has 4 nitrogen and oxygen atoms in total. The number of aromatic nitrogens is 1. The van der Waals surface area contributed by atoms with Gasteiger partial charge < -0.3 is 10.1 Å². The highest BCUT2D eigenvalue weighted by Gasteiger charge is 2.34. The third-order valence-electron chi connectivity index (χ3n) is 2.83. The number of pyridine rings is 1. The molecule has 0 fully saturated rings. The van der Waals surface area contributed by atoms with Crippen molar-refractivity contribution in [2.75, 3.05) is 12.4 Å². The lowest BCUT2D eigenvalue weighted by molar-refractivity contribution is -0.145. The summed E-state index contributed by atoms with van der Waals surface area (Å²) in [7, 11) is 1.40. The minimum absolute atomic E-state index is 0.270. The molecule has 1 aromatic rings. The number of anilines is 1. The van der Waals surface area contributed by atoms with Crippen LogP contribution in [0.4, 0.5) is 5.82 Å². The summed E-state index contributed by atoms with van der Waals surface area (Å²) in [6.45, 7) is 5.82. The molecule has 0 aliphatic carbocycles. The van der Waals surface area contributed by atoms with Gasteiger partial charge in [-0.1, -0.05) is 13.3 Å². The fraction of sp³-hybridized carbons (Fsp3) is 0.538. The molecular formula is C13H19BrN2O2. The molecular weight excluding hydrogens is 296 g/mol. The molecule has 1 unspecified atom stereocenters. The fourth-order valence-corrected chi connectivity index (χ4v) is 2.32. The van der Waals surface area contributed by atoms with E-state index in [-0.39, 0.29) is 5.97 Å². The predicted molar refractivity (Wildman–Crippen MR) is 75.6 cm³/mol. The first kappa shape index (κ1) is 15.0. The number of hydrogen-bond acceptors (Lipinski definition) is 4. The number of hydrogen-bond donors (Lipinski definition) is 1. The van der Waals surface area contributed by atoms with E-state index < -0.39 is 5.54 Å². The Labute approximate surface area is 116 Å². The maximum atomic E-state index is 11.9. The Bertz CT molecular complexity index is 437. The minimum Gasteiger partial charge on any atom is -0.467 e. The van der Waals surface area contributed by atoms with Gasteiger partial charge in [0.05, 0.1) is 7.11 Å². The van der Waals surface area contributed by atoms with Crippen LogP contribution in [0.2, 0.25) is 0 Å². The lowest BCUT2D eigenvalue weighted by Gasteiger charge is -2.28. The van der Waals surface area contributed by atoms with E-state index in [1.54, 1.807) is 6.20 Å². The van der Waals surface area contributed by atoms with Crippen molar-refractivity contribution >= 4 is 27.7 Å². The Kier molecular flexibility index (Phi) is 5.14. The smallest absolute Gasteiger partial charge is 0.331 e. The normalized spacial score (nSPS) is 13.8. The van der Waals surface area contributed by atoms with Gasteiger partial charge in [-0.15, -0.1) is 0 Å². The maximum absolute atomic E-state index is 11.9. The summed E-state index contributed by atoms with van der Waals surface area (Å²) in [6, 6.07) is 1.96. The largest absolute Gasteiger partial charge is 0.467 e. The Balaban J connectivity index is 2.99. The van der Waals surface area contributed by atoms with E-state index in [0.717, 1.165) is 16.5 Å². The summed E-state index contributed by atoms with van der Waals surface area (Å²) < 4.78 is 5.78. The molecule has 1 heterocycles. The van der Waals surface area contributed by atoms with Crippen molar-refractivity contribution in [2.24, 2.45) is 0 Å². The van der Waals surface area contributed by atoms with Gasteiger partial charge >= 0.3 is 5.97 Å². The van der Waals surface area contributed by atoms with Crippen molar-refractivity contribution in [2.45, 2.75) is 39.2 Å². The molecule has 1 N–H and O–H groups in total. The number of aryl methyl sites for hydroxylation is 1. The van der Waals surface area contributed by atoms with Gasteiger partial charge in [-0.25, -0.2) is 9.78 Å². The molecule has 0 spiro atoms. The summed E-state index contributed by atoms with van der Waals surface area (Å²) >= 11 is 3.37. The minimum atomic E-state index is -0.741. The molecule has 0 aliphatic heterocycles. The lowest BCUT2D eigenvalue weighted by atomic mass is 9.96. The number of halogens is 1. The molecule has 1 aromatic heterocycles. The van der Waals surface area contributed by atoms with E-state index >= 15 is 0 Å². The average Bonchev–Trinajstić information content (AvgIpc) is 2.32. The molecule has 1 atom stereocenters. The van der Waals surface area contributed by atoms with Crippen LogP contribution >= 0.6 is 15.9 Å². The van der Waals surface area contributed by atoms with Crippen molar-refractivity contribution in [1.82, 2.24) is 4.98 Å². The van der Waals surface area contributed by atoms with Gasteiger partial charge in [-0.3, -0.25) is 0 Å². The van der Waals surface area contributed by atoms with Gasteiger partial charge in [0, 0.05) is 10.7 Å². The van der Waals surface area contributed by atoms with Crippen LogP contribution in [-0.4, -0.2) is 23.6 Å². The van der Waals surface area contributed by atoms with Crippen molar-refractivity contribution < 1.29 is 9.53 Å². The first-order chi connectivity index (χ1) is 8.42. The van der Waals surface area contributed by atoms with E-state index in [4.69, 9.17) is 4.74 Å². The summed E-state index contributed by atoms with van der Waals surface area (Å²) in [5, 5.41) is 3.20. The third kappa shape index (κ3) is 3.45. The van der Waals surface area contributed by atoms with E-state index in [1.807, 2.05) is 26.8 Å². The summed E-state index contributed by atoms with van der Waals surface area (Å²) in [4.78, 5) is 16.2. The highest BCUT2D eigenvalue weighted by atomic mass is 79.9. The zero-order chi connectivity index (χ0) is 13.8. The highest BCUT2D eigenvalue weighted by molar-refractivity contribution is 9.10. The van der Waals surface area contributed by atoms with Crippen LogP contribution in [-0.2, 0) is 9.53 Å². The number of esters is 1. The average molecular weight is 315 g/mol. The number of rotatable bonds is 5. The molecule has 1 rings (SSSR count). The van der Waals surface area contributed by atoms with Crippen molar-refractivity contribution in [3.63, 3.8) is 0 Å². The Hall–Kier alpha value is -1.10. The molecule has 18 heavy (non-hydrogen) atoms. The summed E-state index contributed by atoms with van der Waals surface area (Å²) in [6.07, 6.45) is 3.28. The number of nitrogens with zero attached hydrogens (tertiary/aromatic N) is 1. The molecule has 0 bridgehead atoms. The topological polar surface area (TPSA) is 51.2 Å². The van der Waals surface area contributed by atoms with E-state index in [1.165, 1.54) is 7.11 Å². The van der Waals surface area contributed by atoms with E-state index in [9.17, 15) is 4.79 Å². The Morgan fingerprint density at radius 1 is 1.61 bits per heavy atom. The molecule has 5 heteroatoms.